The minimum atomic E-state index is -0.858. The highest BCUT2D eigenvalue weighted by Crippen LogP contribution is 2.33. The third kappa shape index (κ3) is 3.03. The molecule has 0 bridgehead atoms. The van der Waals surface area contributed by atoms with E-state index in [4.69, 9.17) is 9.47 Å². The number of thiophene rings is 1. The molecule has 4 nitrogen and oxygen atoms in total. The number of fused-ring (bicyclic) bond motifs is 1. The van der Waals surface area contributed by atoms with Crippen molar-refractivity contribution in [1.29, 1.82) is 0 Å². The molecule has 1 aliphatic heterocycles. The Labute approximate surface area is 123 Å². The van der Waals surface area contributed by atoms with Gasteiger partial charge >= 0.3 is 11.9 Å². The fourth-order valence-corrected chi connectivity index (χ4v) is 3.41. The predicted molar refractivity (Wildman–Crippen MR) is 76.6 cm³/mol. The molecule has 0 aliphatic carbocycles. The second-order valence-corrected chi connectivity index (χ2v) is 7.50. The van der Waals surface area contributed by atoms with Crippen molar-refractivity contribution in [3.8, 4) is 0 Å². The molecule has 0 radical (unpaired) electrons. The van der Waals surface area contributed by atoms with Crippen molar-refractivity contribution in [2.24, 2.45) is 5.92 Å². The Balaban J connectivity index is 2.28. The Morgan fingerprint density at radius 2 is 1.85 bits per heavy atom. The normalized spacial score (nSPS) is 19.1. The highest BCUT2D eigenvalue weighted by atomic mass is 32.1. The average molecular weight is 296 g/mol. The molecule has 20 heavy (non-hydrogen) atoms. The van der Waals surface area contributed by atoms with Crippen molar-refractivity contribution in [2.75, 3.05) is 0 Å². The van der Waals surface area contributed by atoms with E-state index in [-0.39, 0.29) is 6.61 Å². The molecule has 0 aromatic carbocycles. The third-order valence-electron chi connectivity index (χ3n) is 3.26. The number of hydrogen-bond acceptors (Lipinski definition) is 5. The van der Waals surface area contributed by atoms with Gasteiger partial charge in [-0.2, -0.15) is 0 Å². The molecule has 1 aromatic heterocycles. The molecular formula is C15H20O4S. The summed E-state index contributed by atoms with van der Waals surface area (Å²) < 4.78 is 10.6. The number of aryl methyl sites for hydroxylation is 2. The first-order valence-electron chi connectivity index (χ1n) is 6.66. The van der Waals surface area contributed by atoms with Crippen LogP contribution in [-0.2, 0) is 32.1 Å². The van der Waals surface area contributed by atoms with Crippen LogP contribution in [0.3, 0.4) is 0 Å². The predicted octanol–water partition coefficient (Wildman–Crippen LogP) is 2.92. The molecule has 0 fully saturated rings. The van der Waals surface area contributed by atoms with Gasteiger partial charge in [0.15, 0.2) is 5.92 Å². The molecule has 110 valence electrons. The van der Waals surface area contributed by atoms with Crippen LogP contribution < -0.4 is 0 Å². The maximum Gasteiger partial charge on any atom is 0.321 e. The summed E-state index contributed by atoms with van der Waals surface area (Å²) >= 11 is 1.68. The molecule has 1 aliphatic rings. The SMILES string of the molecule is Cc1sc(C)c2c1COC(=O)C(C(=O)OC(C)(C)C)C2. The van der Waals surface area contributed by atoms with Crippen molar-refractivity contribution in [3.05, 3.63) is 20.9 Å². The molecule has 5 heteroatoms. The first-order valence-corrected chi connectivity index (χ1v) is 7.48. The first kappa shape index (κ1) is 15.0. The summed E-state index contributed by atoms with van der Waals surface area (Å²) in [4.78, 5) is 26.5. The Bertz CT molecular complexity index is 551. The lowest BCUT2D eigenvalue weighted by atomic mass is 9.97. The summed E-state index contributed by atoms with van der Waals surface area (Å²) in [6, 6.07) is 0. The van der Waals surface area contributed by atoms with E-state index in [0.29, 0.717) is 6.42 Å². The summed E-state index contributed by atoms with van der Waals surface area (Å²) in [5.41, 5.74) is 1.51. The van der Waals surface area contributed by atoms with Crippen molar-refractivity contribution in [2.45, 2.75) is 53.2 Å². The number of cyclic esters (lactones) is 1. The molecule has 2 rings (SSSR count). The van der Waals surface area contributed by atoms with E-state index in [1.54, 1.807) is 32.1 Å². The molecule has 0 saturated heterocycles. The number of hydrogen-bond donors (Lipinski definition) is 0. The minimum Gasteiger partial charge on any atom is -0.460 e. The lowest BCUT2D eigenvalue weighted by Crippen LogP contribution is -2.34. The second-order valence-electron chi connectivity index (χ2n) is 6.07. The Kier molecular flexibility index (Phi) is 3.91. The van der Waals surface area contributed by atoms with Crippen LogP contribution in [-0.4, -0.2) is 17.5 Å². The molecule has 1 unspecified atom stereocenters. The molecule has 0 saturated carbocycles. The van der Waals surface area contributed by atoms with Gasteiger partial charge in [-0.05, 0) is 46.6 Å². The van der Waals surface area contributed by atoms with Gasteiger partial charge in [0.05, 0.1) is 0 Å². The quantitative estimate of drug-likeness (QED) is 0.590. The van der Waals surface area contributed by atoms with Gasteiger partial charge < -0.3 is 9.47 Å². The highest BCUT2D eigenvalue weighted by Gasteiger charge is 2.36. The van der Waals surface area contributed by atoms with Crippen LogP contribution in [0, 0.1) is 19.8 Å². The van der Waals surface area contributed by atoms with Crippen LogP contribution >= 0.6 is 11.3 Å². The van der Waals surface area contributed by atoms with E-state index in [9.17, 15) is 9.59 Å². The lowest BCUT2D eigenvalue weighted by molar-refractivity contribution is -0.169. The van der Waals surface area contributed by atoms with Gasteiger partial charge in [-0.1, -0.05) is 0 Å². The zero-order valence-corrected chi connectivity index (χ0v) is 13.3. The zero-order valence-electron chi connectivity index (χ0n) is 12.5. The molecule has 0 amide bonds. The number of ether oxygens (including phenoxy) is 2. The van der Waals surface area contributed by atoms with Crippen LogP contribution in [0.25, 0.3) is 0 Å². The molecule has 2 heterocycles. The molecule has 0 spiro atoms. The van der Waals surface area contributed by atoms with Crippen molar-refractivity contribution in [1.82, 2.24) is 0 Å². The number of carbonyl (C=O) groups excluding carboxylic acids is 2. The van der Waals surface area contributed by atoms with E-state index in [1.165, 1.54) is 0 Å². The minimum absolute atomic E-state index is 0.254. The van der Waals surface area contributed by atoms with E-state index in [0.717, 1.165) is 20.9 Å². The van der Waals surface area contributed by atoms with Crippen LogP contribution in [0.1, 0.15) is 41.7 Å². The summed E-state index contributed by atoms with van der Waals surface area (Å²) in [6.07, 6.45) is 0.374. The first-order chi connectivity index (χ1) is 9.19. The van der Waals surface area contributed by atoms with Crippen LogP contribution in [0.2, 0.25) is 0 Å². The highest BCUT2D eigenvalue weighted by molar-refractivity contribution is 7.12. The van der Waals surface area contributed by atoms with Crippen molar-refractivity contribution < 1.29 is 19.1 Å². The fraction of sp³-hybridized carbons (Fsp3) is 0.600. The van der Waals surface area contributed by atoms with Crippen LogP contribution in [0.5, 0.6) is 0 Å². The molecule has 1 aromatic rings. The van der Waals surface area contributed by atoms with Crippen LogP contribution in [0.15, 0.2) is 0 Å². The zero-order chi connectivity index (χ0) is 15.1. The van der Waals surface area contributed by atoms with Gasteiger partial charge in [0.25, 0.3) is 0 Å². The van der Waals surface area contributed by atoms with E-state index in [2.05, 4.69) is 0 Å². The van der Waals surface area contributed by atoms with Gasteiger partial charge in [-0.3, -0.25) is 9.59 Å². The van der Waals surface area contributed by atoms with E-state index in [1.807, 2.05) is 13.8 Å². The monoisotopic (exact) mass is 296 g/mol. The second kappa shape index (κ2) is 5.20. The lowest BCUT2D eigenvalue weighted by Gasteiger charge is -2.22. The smallest absolute Gasteiger partial charge is 0.321 e. The summed E-state index contributed by atoms with van der Waals surface area (Å²) in [5.74, 6) is -1.85. The standard InChI is InChI=1S/C15H20O4S/c1-8-10-6-11(14(17)19-15(3,4)5)13(16)18-7-12(10)9(2)20-8/h11H,6-7H2,1-5H3. The van der Waals surface area contributed by atoms with Crippen molar-refractivity contribution >= 4 is 23.3 Å². The van der Waals surface area contributed by atoms with Gasteiger partial charge in [-0.15, -0.1) is 11.3 Å². The maximum atomic E-state index is 12.2. The number of carbonyl (C=O) groups is 2. The summed E-state index contributed by atoms with van der Waals surface area (Å²) in [5, 5.41) is 0. The largest absolute Gasteiger partial charge is 0.460 e. The number of rotatable bonds is 1. The van der Waals surface area contributed by atoms with Gasteiger partial charge in [0.1, 0.15) is 12.2 Å². The van der Waals surface area contributed by atoms with Crippen molar-refractivity contribution in [3.63, 3.8) is 0 Å². The van der Waals surface area contributed by atoms with E-state index < -0.39 is 23.5 Å². The van der Waals surface area contributed by atoms with Gasteiger partial charge in [0, 0.05) is 15.3 Å². The van der Waals surface area contributed by atoms with Crippen LogP contribution in [0.4, 0.5) is 0 Å². The van der Waals surface area contributed by atoms with E-state index >= 15 is 0 Å². The van der Waals surface area contributed by atoms with Gasteiger partial charge in [-0.25, -0.2) is 0 Å². The van der Waals surface area contributed by atoms with Gasteiger partial charge in [0.2, 0.25) is 0 Å². The summed E-state index contributed by atoms with van der Waals surface area (Å²) in [7, 11) is 0. The molecule has 0 N–H and O–H groups in total. The third-order valence-corrected chi connectivity index (χ3v) is 4.37. The Morgan fingerprint density at radius 3 is 2.45 bits per heavy atom. The topological polar surface area (TPSA) is 52.6 Å². The Morgan fingerprint density at radius 1 is 1.25 bits per heavy atom. The molecular weight excluding hydrogens is 276 g/mol. The Hall–Kier alpha value is -1.36. The summed E-state index contributed by atoms with van der Waals surface area (Å²) in [6.45, 7) is 9.65. The number of esters is 2. The average Bonchev–Trinajstić information content (AvgIpc) is 2.45. The maximum absolute atomic E-state index is 12.2. The fourth-order valence-electron chi connectivity index (χ4n) is 2.32. The molecule has 1 atom stereocenters.